The van der Waals surface area contributed by atoms with Gasteiger partial charge in [-0.25, -0.2) is 0 Å². The van der Waals surface area contributed by atoms with E-state index in [0.29, 0.717) is 25.4 Å². The van der Waals surface area contributed by atoms with Crippen molar-refractivity contribution in [2.75, 3.05) is 25.4 Å². The van der Waals surface area contributed by atoms with Crippen molar-refractivity contribution >= 4 is 17.7 Å². The molecule has 2 rings (SSSR count). The van der Waals surface area contributed by atoms with E-state index in [0.717, 1.165) is 4.90 Å². The Morgan fingerprint density at radius 2 is 2.33 bits per heavy atom. The molecule has 1 heterocycles. The van der Waals surface area contributed by atoms with Crippen LogP contribution in [0.4, 0.5) is 0 Å². The predicted molar refractivity (Wildman–Crippen MR) is 70.8 cm³/mol. The molecule has 4 nitrogen and oxygen atoms in total. The van der Waals surface area contributed by atoms with Crippen molar-refractivity contribution in [2.24, 2.45) is 0 Å². The van der Waals surface area contributed by atoms with Crippen LogP contribution >= 0.6 is 11.8 Å². The van der Waals surface area contributed by atoms with Crippen LogP contribution < -0.4 is 0 Å². The summed E-state index contributed by atoms with van der Waals surface area (Å²) in [5, 5.41) is 9.61. The highest BCUT2D eigenvalue weighted by molar-refractivity contribution is 8.00. The van der Waals surface area contributed by atoms with Crippen molar-refractivity contribution in [1.82, 2.24) is 4.90 Å². The molecule has 0 spiro atoms. The second-order valence-electron chi connectivity index (χ2n) is 4.28. The molecule has 1 aromatic carbocycles. The fraction of sp³-hybridized carbons (Fsp3) is 0.462. The minimum atomic E-state index is 0.0957. The first-order valence-electron chi connectivity index (χ1n) is 5.97. The molecule has 0 radical (unpaired) electrons. The largest absolute Gasteiger partial charge is 0.507 e. The number of amides is 1. The van der Waals surface area contributed by atoms with E-state index in [1.54, 1.807) is 12.1 Å². The lowest BCUT2D eigenvalue weighted by atomic mass is 10.3. The summed E-state index contributed by atoms with van der Waals surface area (Å²) in [7, 11) is 0. The van der Waals surface area contributed by atoms with Crippen LogP contribution in [0.15, 0.2) is 29.2 Å². The van der Waals surface area contributed by atoms with Gasteiger partial charge in [-0.3, -0.25) is 4.79 Å². The van der Waals surface area contributed by atoms with E-state index in [9.17, 15) is 9.90 Å². The number of hydrogen-bond acceptors (Lipinski definition) is 4. The number of phenols is 1. The Balaban J connectivity index is 1.86. The predicted octanol–water partition coefficient (Wildman–Crippen LogP) is 1.73. The first kappa shape index (κ1) is 13.2. The molecular weight excluding hydrogens is 250 g/mol. The number of benzene rings is 1. The molecule has 1 amide bonds. The summed E-state index contributed by atoms with van der Waals surface area (Å²) in [4.78, 5) is 14.6. The number of ether oxygens (including phenoxy) is 1. The van der Waals surface area contributed by atoms with Crippen LogP contribution in [0, 0.1) is 0 Å². The van der Waals surface area contributed by atoms with Gasteiger partial charge in [0.1, 0.15) is 5.75 Å². The molecule has 5 heteroatoms. The zero-order chi connectivity index (χ0) is 13.0. The zero-order valence-electron chi connectivity index (χ0n) is 10.3. The summed E-state index contributed by atoms with van der Waals surface area (Å²) < 4.78 is 5.40. The topological polar surface area (TPSA) is 49.8 Å². The number of thioether (sulfide) groups is 1. The normalized spacial score (nSPS) is 19.8. The molecule has 1 aliphatic rings. The fourth-order valence-electron chi connectivity index (χ4n) is 1.85. The highest BCUT2D eigenvalue weighted by atomic mass is 32.2. The van der Waals surface area contributed by atoms with Crippen LogP contribution in [0.2, 0.25) is 0 Å². The minimum Gasteiger partial charge on any atom is -0.507 e. The smallest absolute Gasteiger partial charge is 0.233 e. The standard InChI is InChI=1S/C13H17NO3S/c1-10-8-14(6-7-17-10)13(16)9-18-12-5-3-2-4-11(12)15/h2-5,10,15H,6-9H2,1H3. The summed E-state index contributed by atoms with van der Waals surface area (Å²) in [6, 6.07) is 7.06. The van der Waals surface area contributed by atoms with E-state index in [2.05, 4.69) is 0 Å². The molecule has 1 atom stereocenters. The minimum absolute atomic E-state index is 0.0957. The average Bonchev–Trinajstić information content (AvgIpc) is 2.37. The van der Waals surface area contributed by atoms with Gasteiger partial charge in [-0.2, -0.15) is 0 Å². The number of rotatable bonds is 3. The van der Waals surface area contributed by atoms with E-state index in [1.807, 2.05) is 24.0 Å². The number of morpholine rings is 1. The maximum Gasteiger partial charge on any atom is 0.233 e. The van der Waals surface area contributed by atoms with Crippen molar-refractivity contribution in [3.63, 3.8) is 0 Å². The molecule has 1 saturated heterocycles. The molecule has 18 heavy (non-hydrogen) atoms. The van der Waals surface area contributed by atoms with Crippen LogP contribution in [0.25, 0.3) is 0 Å². The maximum absolute atomic E-state index is 12.0. The Morgan fingerprint density at radius 1 is 1.56 bits per heavy atom. The van der Waals surface area contributed by atoms with Gasteiger partial charge in [0.25, 0.3) is 0 Å². The van der Waals surface area contributed by atoms with Crippen molar-refractivity contribution < 1.29 is 14.6 Å². The Labute approximate surface area is 111 Å². The van der Waals surface area contributed by atoms with E-state index >= 15 is 0 Å². The fourth-order valence-corrected chi connectivity index (χ4v) is 2.71. The third kappa shape index (κ3) is 3.40. The van der Waals surface area contributed by atoms with Gasteiger partial charge >= 0.3 is 0 Å². The third-order valence-electron chi connectivity index (χ3n) is 2.81. The molecular formula is C13H17NO3S. The van der Waals surface area contributed by atoms with Gasteiger partial charge in [0.15, 0.2) is 0 Å². The van der Waals surface area contributed by atoms with Gasteiger partial charge in [-0.15, -0.1) is 11.8 Å². The second kappa shape index (κ2) is 6.11. The number of carbonyl (C=O) groups is 1. The number of carbonyl (C=O) groups excluding carboxylic acids is 1. The number of phenolic OH excluding ortho intramolecular Hbond substituents is 1. The number of para-hydroxylation sites is 1. The van der Waals surface area contributed by atoms with Crippen molar-refractivity contribution in [3.05, 3.63) is 24.3 Å². The SMILES string of the molecule is CC1CN(C(=O)CSc2ccccc2O)CCO1. The van der Waals surface area contributed by atoms with E-state index < -0.39 is 0 Å². The zero-order valence-corrected chi connectivity index (χ0v) is 11.2. The Morgan fingerprint density at radius 3 is 3.06 bits per heavy atom. The lowest BCUT2D eigenvalue weighted by Gasteiger charge is -2.31. The van der Waals surface area contributed by atoms with Gasteiger partial charge < -0.3 is 14.7 Å². The highest BCUT2D eigenvalue weighted by Crippen LogP contribution is 2.27. The lowest BCUT2D eigenvalue weighted by molar-refractivity contribution is -0.135. The quantitative estimate of drug-likeness (QED) is 0.847. The summed E-state index contributed by atoms with van der Waals surface area (Å²) in [6.45, 7) is 3.88. The molecule has 1 N–H and O–H groups in total. The van der Waals surface area contributed by atoms with Gasteiger partial charge in [0.2, 0.25) is 5.91 Å². The van der Waals surface area contributed by atoms with Crippen LogP contribution in [-0.4, -0.2) is 47.5 Å². The highest BCUT2D eigenvalue weighted by Gasteiger charge is 2.21. The first-order chi connectivity index (χ1) is 8.66. The number of nitrogens with zero attached hydrogens (tertiary/aromatic N) is 1. The third-order valence-corrected chi connectivity index (χ3v) is 3.86. The van der Waals surface area contributed by atoms with E-state index in [4.69, 9.17) is 4.74 Å². The summed E-state index contributed by atoms with van der Waals surface area (Å²) in [5.74, 6) is 0.675. The maximum atomic E-state index is 12.0. The van der Waals surface area contributed by atoms with Crippen molar-refractivity contribution in [2.45, 2.75) is 17.9 Å². The van der Waals surface area contributed by atoms with E-state index in [1.165, 1.54) is 11.8 Å². The molecule has 1 aliphatic heterocycles. The van der Waals surface area contributed by atoms with Crippen LogP contribution in [0.1, 0.15) is 6.92 Å². The number of hydrogen-bond donors (Lipinski definition) is 1. The van der Waals surface area contributed by atoms with Gasteiger partial charge in [0, 0.05) is 18.0 Å². The molecule has 0 aromatic heterocycles. The molecule has 1 unspecified atom stereocenters. The molecule has 0 aliphatic carbocycles. The summed E-state index contributed by atoms with van der Waals surface area (Å²) in [5.41, 5.74) is 0. The van der Waals surface area contributed by atoms with Crippen LogP contribution in [0.5, 0.6) is 5.75 Å². The van der Waals surface area contributed by atoms with E-state index in [-0.39, 0.29) is 17.8 Å². The monoisotopic (exact) mass is 267 g/mol. The number of aromatic hydroxyl groups is 1. The lowest BCUT2D eigenvalue weighted by Crippen LogP contribution is -2.45. The Kier molecular flexibility index (Phi) is 4.49. The Bertz CT molecular complexity index is 424. The molecule has 0 saturated carbocycles. The Hall–Kier alpha value is -1.20. The van der Waals surface area contributed by atoms with Gasteiger partial charge in [-0.1, -0.05) is 12.1 Å². The van der Waals surface area contributed by atoms with Gasteiger partial charge in [-0.05, 0) is 19.1 Å². The van der Waals surface area contributed by atoms with Crippen LogP contribution in [0.3, 0.4) is 0 Å². The average molecular weight is 267 g/mol. The van der Waals surface area contributed by atoms with Crippen molar-refractivity contribution in [3.8, 4) is 5.75 Å². The molecule has 0 bridgehead atoms. The molecule has 1 aromatic rings. The summed E-state index contributed by atoms with van der Waals surface area (Å²) >= 11 is 1.37. The summed E-state index contributed by atoms with van der Waals surface area (Å²) in [6.07, 6.45) is 0.109. The second-order valence-corrected chi connectivity index (χ2v) is 5.29. The molecule has 1 fully saturated rings. The first-order valence-corrected chi connectivity index (χ1v) is 6.95. The van der Waals surface area contributed by atoms with Crippen LogP contribution in [-0.2, 0) is 9.53 Å². The molecule has 98 valence electrons. The van der Waals surface area contributed by atoms with Crippen molar-refractivity contribution in [1.29, 1.82) is 0 Å². The van der Waals surface area contributed by atoms with Gasteiger partial charge in [0.05, 0.1) is 18.5 Å².